The Bertz CT molecular complexity index is 313. The first kappa shape index (κ1) is 14.8. The molecule has 0 aromatic rings. The molecule has 18 heavy (non-hydrogen) atoms. The zero-order chi connectivity index (χ0) is 13.8. The molecule has 1 unspecified atom stereocenters. The topological polar surface area (TPSA) is 87.7 Å². The summed E-state index contributed by atoms with van der Waals surface area (Å²) >= 11 is 0. The van der Waals surface area contributed by atoms with E-state index in [1.54, 1.807) is 0 Å². The quantitative estimate of drug-likeness (QED) is 0.635. The number of hydrogen-bond acceptors (Lipinski definition) is 3. The third-order valence-corrected chi connectivity index (χ3v) is 2.86. The molecule has 6 nitrogen and oxygen atoms in total. The van der Waals surface area contributed by atoms with Crippen molar-refractivity contribution < 1.29 is 19.4 Å². The summed E-state index contributed by atoms with van der Waals surface area (Å²) in [4.78, 5) is 22.6. The summed E-state index contributed by atoms with van der Waals surface area (Å²) in [5.41, 5.74) is -0.454. The molecule has 2 amide bonds. The summed E-state index contributed by atoms with van der Waals surface area (Å²) < 4.78 is 5.43. The van der Waals surface area contributed by atoms with Gasteiger partial charge in [-0.2, -0.15) is 0 Å². The minimum absolute atomic E-state index is 0.0770. The van der Waals surface area contributed by atoms with E-state index in [1.165, 1.54) is 0 Å². The largest absolute Gasteiger partial charge is 0.480 e. The number of carbonyl (C=O) groups excluding carboxylic acids is 1. The Labute approximate surface area is 107 Å². The predicted octanol–water partition coefficient (Wildman–Crippen LogP) is 0.964. The number of hydrogen-bond donors (Lipinski definition) is 3. The molecule has 0 aliphatic heterocycles. The Morgan fingerprint density at radius 1 is 1.44 bits per heavy atom. The van der Waals surface area contributed by atoms with Gasteiger partial charge in [0.2, 0.25) is 0 Å². The predicted molar refractivity (Wildman–Crippen MR) is 66.4 cm³/mol. The van der Waals surface area contributed by atoms with Crippen molar-refractivity contribution in [3.63, 3.8) is 0 Å². The van der Waals surface area contributed by atoms with Crippen LogP contribution in [0, 0.1) is 5.92 Å². The fourth-order valence-corrected chi connectivity index (χ4v) is 1.74. The van der Waals surface area contributed by atoms with E-state index in [2.05, 4.69) is 10.6 Å². The first-order valence-corrected chi connectivity index (χ1v) is 6.27. The van der Waals surface area contributed by atoms with Crippen LogP contribution in [0.5, 0.6) is 0 Å². The first-order valence-electron chi connectivity index (χ1n) is 6.27. The molecule has 1 atom stereocenters. The molecular formula is C12H22N2O4. The van der Waals surface area contributed by atoms with Crippen LogP contribution in [0.4, 0.5) is 4.79 Å². The maximum Gasteiger partial charge on any atom is 0.326 e. The van der Waals surface area contributed by atoms with E-state index < -0.39 is 23.6 Å². The summed E-state index contributed by atoms with van der Waals surface area (Å²) in [6, 6.07) is -1.23. The molecule has 6 heteroatoms. The Balaban J connectivity index is 2.34. The van der Waals surface area contributed by atoms with Crippen molar-refractivity contribution in [3.8, 4) is 0 Å². The van der Waals surface area contributed by atoms with Gasteiger partial charge >= 0.3 is 12.0 Å². The smallest absolute Gasteiger partial charge is 0.326 e. The highest BCUT2D eigenvalue weighted by Gasteiger charge is 2.37. The summed E-state index contributed by atoms with van der Waals surface area (Å²) in [7, 11) is 0. The standard InChI is InChI=1S/C12H22N2O4/c1-4-18-12(2,3)7-13-11(17)14-9(10(15)16)8-5-6-8/h8-9H,4-7H2,1-3H3,(H,15,16)(H2,13,14,17). The van der Waals surface area contributed by atoms with Crippen molar-refractivity contribution in [1.82, 2.24) is 10.6 Å². The van der Waals surface area contributed by atoms with Gasteiger partial charge in [0, 0.05) is 13.2 Å². The summed E-state index contributed by atoms with van der Waals surface area (Å²) in [5, 5.41) is 14.1. The molecule has 0 aromatic heterocycles. The van der Waals surface area contributed by atoms with Gasteiger partial charge in [0.25, 0.3) is 0 Å². The number of nitrogens with one attached hydrogen (secondary N) is 2. The number of rotatable bonds is 7. The van der Waals surface area contributed by atoms with Gasteiger partial charge in [0.15, 0.2) is 0 Å². The zero-order valence-corrected chi connectivity index (χ0v) is 11.2. The molecule has 0 radical (unpaired) electrons. The van der Waals surface area contributed by atoms with Crippen molar-refractivity contribution in [2.24, 2.45) is 5.92 Å². The van der Waals surface area contributed by atoms with Gasteiger partial charge in [-0.15, -0.1) is 0 Å². The Morgan fingerprint density at radius 2 is 2.06 bits per heavy atom. The van der Waals surface area contributed by atoms with Gasteiger partial charge in [0.05, 0.1) is 5.60 Å². The Hall–Kier alpha value is -1.30. The van der Waals surface area contributed by atoms with Crippen molar-refractivity contribution in [2.75, 3.05) is 13.2 Å². The molecule has 1 saturated carbocycles. The Kier molecular flexibility index (Phi) is 4.95. The van der Waals surface area contributed by atoms with E-state index in [-0.39, 0.29) is 5.92 Å². The summed E-state index contributed by atoms with van der Waals surface area (Å²) in [5.74, 6) is -0.898. The zero-order valence-electron chi connectivity index (χ0n) is 11.2. The molecule has 1 aliphatic rings. The number of carboxylic acid groups (broad SMARTS) is 1. The molecule has 1 rings (SSSR count). The lowest BCUT2D eigenvalue weighted by Crippen LogP contribution is -2.50. The van der Waals surface area contributed by atoms with E-state index in [4.69, 9.17) is 9.84 Å². The fraction of sp³-hybridized carbons (Fsp3) is 0.833. The molecule has 0 saturated heterocycles. The molecule has 0 spiro atoms. The third-order valence-electron chi connectivity index (χ3n) is 2.86. The van der Waals surface area contributed by atoms with Crippen molar-refractivity contribution in [3.05, 3.63) is 0 Å². The minimum atomic E-state index is -0.975. The minimum Gasteiger partial charge on any atom is -0.480 e. The van der Waals surface area contributed by atoms with E-state index in [9.17, 15) is 9.59 Å². The van der Waals surface area contributed by atoms with Gasteiger partial charge in [0.1, 0.15) is 6.04 Å². The number of ether oxygens (including phenoxy) is 1. The normalized spacial score (nSPS) is 17.1. The molecule has 1 aliphatic carbocycles. The van der Waals surface area contributed by atoms with E-state index in [0.29, 0.717) is 13.2 Å². The van der Waals surface area contributed by atoms with Crippen LogP contribution in [0.2, 0.25) is 0 Å². The summed E-state index contributed by atoms with van der Waals surface area (Å²) in [6.45, 7) is 6.52. The van der Waals surface area contributed by atoms with Crippen LogP contribution in [-0.4, -0.2) is 41.9 Å². The maximum absolute atomic E-state index is 11.6. The lowest BCUT2D eigenvalue weighted by atomic mass is 10.1. The fourth-order valence-electron chi connectivity index (χ4n) is 1.74. The molecule has 0 bridgehead atoms. The number of carboxylic acids is 1. The van der Waals surface area contributed by atoms with Crippen molar-refractivity contribution in [1.29, 1.82) is 0 Å². The second kappa shape index (κ2) is 6.04. The second-order valence-electron chi connectivity index (χ2n) is 5.17. The van der Waals surface area contributed by atoms with E-state index >= 15 is 0 Å². The average Bonchev–Trinajstić information content (AvgIpc) is 3.06. The van der Waals surface area contributed by atoms with Gasteiger partial charge in [-0.1, -0.05) is 0 Å². The third kappa shape index (κ3) is 4.91. The highest BCUT2D eigenvalue weighted by molar-refractivity contribution is 5.83. The van der Waals surface area contributed by atoms with Crippen LogP contribution in [0.3, 0.4) is 0 Å². The highest BCUT2D eigenvalue weighted by atomic mass is 16.5. The Morgan fingerprint density at radius 3 is 2.50 bits per heavy atom. The monoisotopic (exact) mass is 258 g/mol. The first-order chi connectivity index (χ1) is 8.35. The molecule has 0 aromatic carbocycles. The van der Waals surface area contributed by atoms with Crippen LogP contribution >= 0.6 is 0 Å². The van der Waals surface area contributed by atoms with E-state index in [0.717, 1.165) is 12.8 Å². The van der Waals surface area contributed by atoms with E-state index in [1.807, 2.05) is 20.8 Å². The molecule has 1 fully saturated rings. The lowest BCUT2D eigenvalue weighted by Gasteiger charge is -2.25. The van der Waals surface area contributed by atoms with Crippen LogP contribution in [0.25, 0.3) is 0 Å². The molecule has 104 valence electrons. The van der Waals surface area contributed by atoms with Crippen LogP contribution < -0.4 is 10.6 Å². The summed E-state index contributed by atoms with van der Waals surface area (Å²) in [6.07, 6.45) is 1.73. The number of aliphatic carboxylic acids is 1. The number of carbonyl (C=O) groups is 2. The van der Waals surface area contributed by atoms with Crippen LogP contribution in [0.15, 0.2) is 0 Å². The van der Waals surface area contributed by atoms with Crippen molar-refractivity contribution >= 4 is 12.0 Å². The van der Waals surface area contributed by atoms with Gasteiger partial charge in [-0.3, -0.25) is 0 Å². The van der Waals surface area contributed by atoms with Gasteiger partial charge in [-0.05, 0) is 39.5 Å². The van der Waals surface area contributed by atoms with Crippen molar-refractivity contribution in [2.45, 2.75) is 45.3 Å². The van der Waals surface area contributed by atoms with Gasteiger partial charge < -0.3 is 20.5 Å². The average molecular weight is 258 g/mol. The lowest BCUT2D eigenvalue weighted by molar-refractivity contribution is -0.139. The number of urea groups is 1. The van der Waals surface area contributed by atoms with Crippen LogP contribution in [-0.2, 0) is 9.53 Å². The van der Waals surface area contributed by atoms with Crippen LogP contribution in [0.1, 0.15) is 33.6 Å². The second-order valence-corrected chi connectivity index (χ2v) is 5.17. The maximum atomic E-state index is 11.6. The number of amides is 2. The SMILES string of the molecule is CCOC(C)(C)CNC(=O)NC(C(=O)O)C1CC1. The molecule has 3 N–H and O–H groups in total. The molecule has 0 heterocycles. The molecular weight excluding hydrogens is 236 g/mol. The van der Waals surface area contributed by atoms with Gasteiger partial charge in [-0.25, -0.2) is 9.59 Å². The highest BCUT2D eigenvalue weighted by Crippen LogP contribution is 2.32.